The number of anilines is 1. The van der Waals surface area contributed by atoms with Crippen LogP contribution in [0, 0.1) is 0 Å². The molecule has 0 bridgehead atoms. The second kappa shape index (κ2) is 5.45. The monoisotopic (exact) mass is 317 g/mol. The molecule has 0 saturated heterocycles. The molecule has 4 rings (SSSR count). The second-order valence-electron chi connectivity index (χ2n) is 5.80. The van der Waals surface area contributed by atoms with E-state index in [1.54, 1.807) is 30.3 Å². The van der Waals surface area contributed by atoms with Crippen molar-refractivity contribution in [2.45, 2.75) is 6.54 Å². The van der Waals surface area contributed by atoms with Crippen molar-refractivity contribution in [2.24, 2.45) is 0 Å². The zero-order valence-corrected chi connectivity index (χ0v) is 13.1. The summed E-state index contributed by atoms with van der Waals surface area (Å²) in [7, 11) is 1.71. The Morgan fingerprint density at radius 3 is 2.88 bits per heavy atom. The number of pyridine rings is 1. The molecular formula is C19H15N3O2. The first-order chi connectivity index (χ1) is 11.6. The van der Waals surface area contributed by atoms with Crippen molar-refractivity contribution in [3.05, 3.63) is 71.4 Å². The van der Waals surface area contributed by atoms with Crippen LogP contribution in [-0.2, 0) is 6.54 Å². The lowest BCUT2D eigenvalue weighted by atomic mass is 10.1. The molecule has 2 heterocycles. The number of fused-ring (bicyclic) bond motifs is 2. The normalized spacial score (nSPS) is 12.8. The number of aromatic nitrogens is 1. The minimum absolute atomic E-state index is 0.130. The lowest BCUT2D eigenvalue weighted by Gasteiger charge is -2.18. The summed E-state index contributed by atoms with van der Waals surface area (Å²) in [6, 6.07) is 14.9. The molecule has 0 aliphatic carbocycles. The lowest BCUT2D eigenvalue weighted by molar-refractivity contribution is 0.0965. The van der Waals surface area contributed by atoms with Gasteiger partial charge < -0.3 is 10.2 Å². The molecule has 0 saturated carbocycles. The highest BCUT2D eigenvalue weighted by Gasteiger charge is 2.22. The number of carbonyl (C=O) groups is 2. The minimum atomic E-state index is -0.172. The largest absolute Gasteiger partial charge is 0.348 e. The van der Waals surface area contributed by atoms with Crippen LogP contribution >= 0.6 is 0 Å². The topological polar surface area (TPSA) is 62.3 Å². The molecule has 118 valence electrons. The van der Waals surface area contributed by atoms with Crippen LogP contribution in [0.15, 0.2) is 54.7 Å². The van der Waals surface area contributed by atoms with Crippen LogP contribution in [0.5, 0.6) is 0 Å². The average Bonchev–Trinajstić information content (AvgIpc) is 3.00. The van der Waals surface area contributed by atoms with Gasteiger partial charge in [-0.1, -0.05) is 24.3 Å². The quantitative estimate of drug-likeness (QED) is 0.790. The van der Waals surface area contributed by atoms with E-state index in [1.807, 2.05) is 36.4 Å². The van der Waals surface area contributed by atoms with Crippen molar-refractivity contribution in [3.8, 4) is 0 Å². The molecule has 24 heavy (non-hydrogen) atoms. The van der Waals surface area contributed by atoms with Crippen LogP contribution < -0.4 is 10.2 Å². The number of nitrogens with zero attached hydrogens (tertiary/aromatic N) is 2. The van der Waals surface area contributed by atoms with Gasteiger partial charge in [0.05, 0.1) is 17.4 Å². The Morgan fingerprint density at radius 1 is 1.17 bits per heavy atom. The number of amides is 2. The van der Waals surface area contributed by atoms with E-state index < -0.39 is 0 Å². The molecule has 1 aromatic heterocycles. The van der Waals surface area contributed by atoms with Crippen molar-refractivity contribution < 1.29 is 9.59 Å². The highest BCUT2D eigenvalue weighted by molar-refractivity contribution is 6.08. The summed E-state index contributed by atoms with van der Waals surface area (Å²) in [4.78, 5) is 30.5. The van der Waals surface area contributed by atoms with Crippen LogP contribution in [0.25, 0.3) is 10.9 Å². The standard InChI is InChI=1S/C19H15N3O2/c1-22(15-8-12-4-2-3-5-17(12)20-11-15)19(24)13-6-7-14-10-21-18(23)16(14)9-13/h2-9,11H,10H2,1H3,(H,21,23). The van der Waals surface area contributed by atoms with Crippen molar-refractivity contribution >= 4 is 28.4 Å². The van der Waals surface area contributed by atoms with E-state index in [4.69, 9.17) is 0 Å². The lowest BCUT2D eigenvalue weighted by Crippen LogP contribution is -2.26. The van der Waals surface area contributed by atoms with Gasteiger partial charge in [-0.05, 0) is 29.8 Å². The van der Waals surface area contributed by atoms with Crippen molar-refractivity contribution in [1.29, 1.82) is 0 Å². The van der Waals surface area contributed by atoms with E-state index >= 15 is 0 Å². The van der Waals surface area contributed by atoms with Gasteiger partial charge in [0.15, 0.2) is 0 Å². The predicted octanol–water partition coefficient (Wildman–Crippen LogP) is 2.75. The fourth-order valence-corrected chi connectivity index (χ4v) is 2.90. The molecule has 1 N–H and O–H groups in total. The average molecular weight is 317 g/mol. The molecule has 0 radical (unpaired) electrons. The number of rotatable bonds is 2. The molecule has 2 amide bonds. The second-order valence-corrected chi connectivity index (χ2v) is 5.80. The first-order valence-corrected chi connectivity index (χ1v) is 7.67. The highest BCUT2D eigenvalue weighted by Crippen LogP contribution is 2.22. The summed E-state index contributed by atoms with van der Waals surface area (Å²) >= 11 is 0. The maximum Gasteiger partial charge on any atom is 0.258 e. The van der Waals surface area contributed by atoms with E-state index in [9.17, 15) is 9.59 Å². The third-order valence-corrected chi connectivity index (χ3v) is 4.31. The fourth-order valence-electron chi connectivity index (χ4n) is 2.90. The summed E-state index contributed by atoms with van der Waals surface area (Å²) in [5.41, 5.74) is 3.58. The Hall–Kier alpha value is -3.21. The third kappa shape index (κ3) is 2.31. The minimum Gasteiger partial charge on any atom is -0.348 e. The number of para-hydroxylation sites is 1. The van der Waals surface area contributed by atoms with Crippen LogP contribution in [0.2, 0.25) is 0 Å². The van der Waals surface area contributed by atoms with Crippen LogP contribution in [0.4, 0.5) is 5.69 Å². The number of hydrogen-bond donors (Lipinski definition) is 1. The fraction of sp³-hybridized carbons (Fsp3) is 0.105. The molecule has 0 atom stereocenters. The zero-order valence-electron chi connectivity index (χ0n) is 13.1. The third-order valence-electron chi connectivity index (χ3n) is 4.31. The Labute approximate surface area is 138 Å². The number of benzene rings is 2. The summed E-state index contributed by atoms with van der Waals surface area (Å²) in [6.07, 6.45) is 1.68. The zero-order chi connectivity index (χ0) is 16.7. The first-order valence-electron chi connectivity index (χ1n) is 7.67. The molecule has 0 fully saturated rings. The Bertz CT molecular complexity index is 981. The van der Waals surface area contributed by atoms with E-state index in [0.717, 1.165) is 16.5 Å². The molecule has 2 aromatic carbocycles. The van der Waals surface area contributed by atoms with Gasteiger partial charge in [-0.25, -0.2) is 0 Å². The summed E-state index contributed by atoms with van der Waals surface area (Å²) < 4.78 is 0. The molecule has 3 aromatic rings. The summed E-state index contributed by atoms with van der Waals surface area (Å²) in [6.45, 7) is 0.521. The summed E-state index contributed by atoms with van der Waals surface area (Å²) in [5, 5.41) is 3.73. The van der Waals surface area contributed by atoms with E-state index in [-0.39, 0.29) is 11.8 Å². The van der Waals surface area contributed by atoms with Crippen molar-refractivity contribution in [3.63, 3.8) is 0 Å². The van der Waals surface area contributed by atoms with E-state index in [2.05, 4.69) is 10.3 Å². The Kier molecular flexibility index (Phi) is 3.27. The van der Waals surface area contributed by atoms with Gasteiger partial charge in [-0.3, -0.25) is 14.6 Å². The molecule has 1 aliphatic heterocycles. The SMILES string of the molecule is CN(C(=O)c1ccc2c(c1)C(=O)NC2)c1cnc2ccccc2c1. The van der Waals surface area contributed by atoms with Crippen LogP contribution in [0.1, 0.15) is 26.3 Å². The number of carbonyl (C=O) groups excluding carboxylic acids is 2. The van der Waals surface area contributed by atoms with Gasteiger partial charge in [0.2, 0.25) is 0 Å². The molecule has 5 heteroatoms. The Morgan fingerprint density at radius 2 is 2.00 bits per heavy atom. The molecule has 1 aliphatic rings. The van der Waals surface area contributed by atoms with E-state index in [1.165, 1.54) is 0 Å². The van der Waals surface area contributed by atoms with Crippen LogP contribution in [-0.4, -0.2) is 23.8 Å². The molecule has 5 nitrogen and oxygen atoms in total. The first kappa shape index (κ1) is 14.4. The molecule has 0 spiro atoms. The molecular weight excluding hydrogens is 302 g/mol. The van der Waals surface area contributed by atoms with Gasteiger partial charge >= 0.3 is 0 Å². The Balaban J connectivity index is 1.68. The predicted molar refractivity (Wildman–Crippen MR) is 92.1 cm³/mol. The maximum atomic E-state index is 12.8. The van der Waals surface area contributed by atoms with E-state index in [0.29, 0.717) is 23.4 Å². The van der Waals surface area contributed by atoms with Gasteiger partial charge in [0, 0.05) is 30.1 Å². The van der Waals surface area contributed by atoms with Gasteiger partial charge in [-0.15, -0.1) is 0 Å². The van der Waals surface area contributed by atoms with Gasteiger partial charge in [-0.2, -0.15) is 0 Å². The van der Waals surface area contributed by atoms with Crippen molar-refractivity contribution in [2.75, 3.05) is 11.9 Å². The molecule has 0 unspecified atom stereocenters. The number of hydrogen-bond acceptors (Lipinski definition) is 3. The van der Waals surface area contributed by atoms with Crippen LogP contribution in [0.3, 0.4) is 0 Å². The van der Waals surface area contributed by atoms with Gasteiger partial charge in [0.1, 0.15) is 0 Å². The number of nitrogens with one attached hydrogen (secondary N) is 1. The maximum absolute atomic E-state index is 12.8. The highest BCUT2D eigenvalue weighted by atomic mass is 16.2. The smallest absolute Gasteiger partial charge is 0.258 e. The summed E-state index contributed by atoms with van der Waals surface area (Å²) in [5.74, 6) is -0.302. The van der Waals surface area contributed by atoms with Gasteiger partial charge in [0.25, 0.3) is 11.8 Å². The van der Waals surface area contributed by atoms with Crippen molar-refractivity contribution in [1.82, 2.24) is 10.3 Å².